The maximum atomic E-state index is 12.9. The maximum Gasteiger partial charge on any atom is 0.573 e. The van der Waals surface area contributed by atoms with Gasteiger partial charge in [-0.2, -0.15) is 0 Å². The van der Waals surface area contributed by atoms with Crippen LogP contribution in [0.1, 0.15) is 5.69 Å². The second kappa shape index (κ2) is 8.63. The molecule has 2 N–H and O–H groups in total. The molecule has 1 heterocycles. The van der Waals surface area contributed by atoms with Crippen molar-refractivity contribution in [2.45, 2.75) is 12.8 Å². The van der Waals surface area contributed by atoms with Crippen molar-refractivity contribution in [3.8, 4) is 17.2 Å². The molecule has 0 fully saturated rings. The number of aromatic nitrogens is 1. The number of anilines is 1. The quantitative estimate of drug-likeness (QED) is 0.577. The minimum Gasteiger partial charge on any atom is -0.444 e. The monoisotopic (exact) mass is 409 g/mol. The molecule has 0 saturated heterocycles. The summed E-state index contributed by atoms with van der Waals surface area (Å²) in [5.41, 5.74) is 1.33. The van der Waals surface area contributed by atoms with Gasteiger partial charge in [0, 0.05) is 30.3 Å². The largest absolute Gasteiger partial charge is 0.573 e. The van der Waals surface area contributed by atoms with Crippen molar-refractivity contribution in [2.75, 3.05) is 11.9 Å². The van der Waals surface area contributed by atoms with Crippen molar-refractivity contribution in [2.24, 2.45) is 0 Å². The molecule has 29 heavy (non-hydrogen) atoms. The minimum absolute atomic E-state index is 0.143. The van der Waals surface area contributed by atoms with Gasteiger partial charge in [0.15, 0.2) is 0 Å². The Morgan fingerprint density at radius 2 is 1.90 bits per heavy atom. The van der Waals surface area contributed by atoms with E-state index >= 15 is 0 Å². The summed E-state index contributed by atoms with van der Waals surface area (Å²) in [6.45, 7) is 0.208. The first-order valence-corrected chi connectivity index (χ1v) is 8.39. The van der Waals surface area contributed by atoms with Gasteiger partial charge in [0.25, 0.3) is 0 Å². The van der Waals surface area contributed by atoms with Gasteiger partial charge in [0.1, 0.15) is 17.8 Å². The molecule has 3 aromatic rings. The molecule has 152 valence electrons. The number of carbonyl (C=O) groups is 1. The zero-order valence-electron chi connectivity index (χ0n) is 14.8. The van der Waals surface area contributed by atoms with Crippen LogP contribution in [0.25, 0.3) is 11.5 Å². The summed E-state index contributed by atoms with van der Waals surface area (Å²) in [5, 5.41) is 4.97. The molecule has 0 spiro atoms. The highest BCUT2D eigenvalue weighted by Crippen LogP contribution is 2.25. The van der Waals surface area contributed by atoms with Crippen molar-refractivity contribution in [1.29, 1.82) is 0 Å². The van der Waals surface area contributed by atoms with Gasteiger partial charge >= 0.3 is 12.4 Å². The van der Waals surface area contributed by atoms with Crippen molar-refractivity contribution in [3.63, 3.8) is 0 Å². The lowest BCUT2D eigenvalue weighted by atomic mass is 10.2. The van der Waals surface area contributed by atoms with E-state index in [0.29, 0.717) is 23.6 Å². The number of amides is 2. The fraction of sp³-hybridized carbons (Fsp3) is 0.158. The van der Waals surface area contributed by atoms with Gasteiger partial charge in [0.05, 0.1) is 5.69 Å². The Balaban J connectivity index is 1.48. The normalized spacial score (nSPS) is 11.2. The van der Waals surface area contributed by atoms with Crippen LogP contribution in [0, 0.1) is 5.82 Å². The van der Waals surface area contributed by atoms with Crippen LogP contribution >= 0.6 is 0 Å². The van der Waals surface area contributed by atoms with Crippen molar-refractivity contribution in [3.05, 3.63) is 66.3 Å². The minimum atomic E-state index is -4.81. The molecule has 0 aliphatic heterocycles. The van der Waals surface area contributed by atoms with Gasteiger partial charge in [-0.15, -0.1) is 13.2 Å². The van der Waals surface area contributed by atoms with Crippen LogP contribution in [0.3, 0.4) is 0 Å². The SMILES string of the molecule is O=C(NCCc1coc(-c2ccc(F)cc2)n1)Nc1cccc(OC(F)(F)F)c1. The van der Waals surface area contributed by atoms with Crippen LogP contribution < -0.4 is 15.4 Å². The second-order valence-corrected chi connectivity index (χ2v) is 5.86. The third kappa shape index (κ3) is 6.23. The molecule has 2 amide bonds. The molecule has 0 aliphatic rings. The van der Waals surface area contributed by atoms with Gasteiger partial charge in [0.2, 0.25) is 5.89 Å². The second-order valence-electron chi connectivity index (χ2n) is 5.86. The van der Waals surface area contributed by atoms with Crippen LogP contribution in [0.2, 0.25) is 0 Å². The molecule has 0 bridgehead atoms. The Kier molecular flexibility index (Phi) is 6.01. The molecule has 10 heteroatoms. The first-order chi connectivity index (χ1) is 13.8. The van der Waals surface area contributed by atoms with E-state index in [2.05, 4.69) is 20.4 Å². The summed E-state index contributed by atoms with van der Waals surface area (Å²) in [4.78, 5) is 16.1. The van der Waals surface area contributed by atoms with E-state index in [1.807, 2.05) is 0 Å². The molecule has 0 aliphatic carbocycles. The summed E-state index contributed by atoms with van der Waals surface area (Å²) >= 11 is 0. The summed E-state index contributed by atoms with van der Waals surface area (Å²) in [7, 11) is 0. The van der Waals surface area contributed by atoms with Crippen LogP contribution in [0.4, 0.5) is 28.0 Å². The van der Waals surface area contributed by atoms with E-state index in [1.165, 1.54) is 42.7 Å². The smallest absolute Gasteiger partial charge is 0.444 e. The number of urea groups is 1. The van der Waals surface area contributed by atoms with Crippen LogP contribution in [0.5, 0.6) is 5.75 Å². The standard InChI is InChI=1S/C19H15F4N3O3/c20-13-6-4-12(5-7-13)17-25-15(11-28-17)8-9-24-18(27)26-14-2-1-3-16(10-14)29-19(21,22)23/h1-7,10-11H,8-9H2,(H2,24,26,27). The first-order valence-electron chi connectivity index (χ1n) is 8.39. The molecule has 1 aromatic heterocycles. The van der Waals surface area contributed by atoms with Crippen LogP contribution in [-0.4, -0.2) is 23.9 Å². The van der Waals surface area contributed by atoms with E-state index in [-0.39, 0.29) is 18.0 Å². The van der Waals surface area contributed by atoms with Gasteiger partial charge in [-0.3, -0.25) is 0 Å². The fourth-order valence-corrected chi connectivity index (χ4v) is 2.40. The molecule has 2 aromatic carbocycles. The Morgan fingerprint density at radius 3 is 2.62 bits per heavy atom. The number of nitrogens with one attached hydrogen (secondary N) is 2. The van der Waals surface area contributed by atoms with Gasteiger partial charge < -0.3 is 19.8 Å². The predicted molar refractivity (Wildman–Crippen MR) is 95.7 cm³/mol. The van der Waals surface area contributed by atoms with Crippen molar-refractivity contribution >= 4 is 11.7 Å². The lowest BCUT2D eigenvalue weighted by Crippen LogP contribution is -2.30. The van der Waals surface area contributed by atoms with Crippen molar-refractivity contribution < 1.29 is 31.5 Å². The number of ether oxygens (including phenoxy) is 1. The molecule has 6 nitrogen and oxygen atoms in total. The third-order valence-corrected chi connectivity index (χ3v) is 3.64. The van der Waals surface area contributed by atoms with E-state index in [1.54, 1.807) is 0 Å². The van der Waals surface area contributed by atoms with Gasteiger partial charge in [-0.05, 0) is 36.4 Å². The predicted octanol–water partition coefficient (Wildman–Crippen LogP) is 4.74. The van der Waals surface area contributed by atoms with E-state index in [4.69, 9.17) is 4.42 Å². The van der Waals surface area contributed by atoms with Crippen LogP contribution in [-0.2, 0) is 6.42 Å². The highest BCUT2D eigenvalue weighted by Gasteiger charge is 2.31. The zero-order valence-corrected chi connectivity index (χ0v) is 14.8. The number of alkyl halides is 3. The molecule has 3 rings (SSSR count). The van der Waals surface area contributed by atoms with Crippen molar-refractivity contribution in [1.82, 2.24) is 10.3 Å². The van der Waals surface area contributed by atoms with E-state index in [9.17, 15) is 22.4 Å². The highest BCUT2D eigenvalue weighted by atomic mass is 19.4. The molecule has 0 atom stereocenters. The first kappa shape index (κ1) is 20.2. The summed E-state index contributed by atoms with van der Waals surface area (Å²) < 4.78 is 58.8. The molecule has 0 radical (unpaired) electrons. The number of hydrogen-bond acceptors (Lipinski definition) is 4. The lowest BCUT2D eigenvalue weighted by Gasteiger charge is -2.11. The number of hydrogen-bond donors (Lipinski definition) is 2. The maximum absolute atomic E-state index is 12.9. The lowest BCUT2D eigenvalue weighted by molar-refractivity contribution is -0.274. The Labute approximate surface area is 162 Å². The highest BCUT2D eigenvalue weighted by molar-refractivity contribution is 5.89. The number of halogens is 4. The number of rotatable bonds is 6. The molecular weight excluding hydrogens is 394 g/mol. The average molecular weight is 409 g/mol. The Morgan fingerprint density at radius 1 is 1.14 bits per heavy atom. The fourth-order valence-electron chi connectivity index (χ4n) is 2.40. The summed E-state index contributed by atoms with van der Waals surface area (Å²) in [5.74, 6) is -0.483. The van der Waals surface area contributed by atoms with Gasteiger partial charge in [-0.1, -0.05) is 6.07 Å². The number of carbonyl (C=O) groups excluding carboxylic acids is 1. The van der Waals surface area contributed by atoms with E-state index < -0.39 is 18.1 Å². The van der Waals surface area contributed by atoms with Crippen LogP contribution in [0.15, 0.2) is 59.2 Å². The average Bonchev–Trinajstić information content (AvgIpc) is 3.10. The summed E-state index contributed by atoms with van der Waals surface area (Å²) in [6.07, 6.45) is -3.03. The number of nitrogens with zero attached hydrogens (tertiary/aromatic N) is 1. The zero-order chi connectivity index (χ0) is 20.9. The molecular formula is C19H15F4N3O3. The third-order valence-electron chi connectivity index (χ3n) is 3.64. The molecule has 0 unspecified atom stereocenters. The topological polar surface area (TPSA) is 76.4 Å². The molecule has 0 saturated carbocycles. The number of benzene rings is 2. The van der Waals surface area contributed by atoms with E-state index in [0.717, 1.165) is 12.1 Å². The summed E-state index contributed by atoms with van der Waals surface area (Å²) in [6, 6.07) is 9.98. The Bertz CT molecular complexity index is 971. The van der Waals surface area contributed by atoms with Gasteiger partial charge in [-0.25, -0.2) is 14.2 Å². The number of oxazole rings is 1. The Hall–Kier alpha value is -3.56.